The van der Waals surface area contributed by atoms with Crippen LogP contribution in [0.5, 0.6) is 0 Å². The Balaban J connectivity index is 0.00000208. The molecule has 1 aliphatic rings. The van der Waals surface area contributed by atoms with Crippen LogP contribution in [-0.4, -0.2) is 35.8 Å². The van der Waals surface area contributed by atoms with Gasteiger partial charge in [-0.05, 0) is 24.3 Å². The summed E-state index contributed by atoms with van der Waals surface area (Å²) >= 11 is 0. The first-order valence-corrected chi connectivity index (χ1v) is 8.11. The first-order chi connectivity index (χ1) is 10.9. The second-order valence-corrected chi connectivity index (χ2v) is 6.77. The predicted molar refractivity (Wildman–Crippen MR) is 83.8 cm³/mol. The van der Waals surface area contributed by atoms with Crippen LogP contribution in [-0.2, 0) is 14.8 Å². The molecule has 2 heterocycles. The van der Waals surface area contributed by atoms with Gasteiger partial charge in [0.15, 0.2) is 11.5 Å². The molecular formula is C15H13KN3O4S+. The van der Waals surface area contributed by atoms with Crippen molar-refractivity contribution in [2.45, 2.75) is 4.90 Å². The molecule has 1 aliphatic heterocycles. The zero-order chi connectivity index (χ0) is 16.6. The molecule has 0 spiro atoms. The predicted octanol–water partition coefficient (Wildman–Crippen LogP) is -1.41. The van der Waals surface area contributed by atoms with Crippen LogP contribution in [0.4, 0.5) is 5.82 Å². The number of pyridine rings is 1. The Morgan fingerprint density at radius 1 is 1.17 bits per heavy atom. The van der Waals surface area contributed by atoms with Crippen LogP contribution in [0, 0.1) is 0 Å². The molecule has 118 valence electrons. The van der Waals surface area contributed by atoms with E-state index in [-0.39, 0.29) is 73.4 Å². The molecule has 0 fully saturated rings. The Kier molecular flexibility index (Phi) is 5.84. The molecule has 7 nitrogen and oxygen atoms in total. The van der Waals surface area contributed by atoms with E-state index in [0.717, 1.165) is 4.31 Å². The molecule has 0 unspecified atom stereocenters. The number of aliphatic hydroxyl groups is 1. The van der Waals surface area contributed by atoms with Gasteiger partial charge in [0.05, 0.1) is 4.90 Å². The number of nitrogens with one attached hydrogen (secondary N) is 1. The molecule has 9 heteroatoms. The number of anilines is 1. The number of likely N-dealkylation sites (N-methyl/N-ethyl adjacent to an activating group) is 1. The average Bonchev–Trinajstić information content (AvgIpc) is 2.54. The first kappa shape index (κ1) is 19.1. The van der Waals surface area contributed by atoms with Crippen molar-refractivity contribution in [3.63, 3.8) is 0 Å². The minimum Gasteiger partial charge on any atom is -0.505 e. The average molecular weight is 370 g/mol. The molecule has 0 saturated carbocycles. The van der Waals surface area contributed by atoms with Crippen molar-refractivity contribution in [3.8, 4) is 0 Å². The van der Waals surface area contributed by atoms with Gasteiger partial charge in [0, 0.05) is 18.8 Å². The van der Waals surface area contributed by atoms with Gasteiger partial charge in [-0.2, -0.15) is 0 Å². The minimum atomic E-state index is -3.91. The van der Waals surface area contributed by atoms with Gasteiger partial charge in [-0.1, -0.05) is 18.2 Å². The number of carbonyl (C=O) groups excluding carboxylic acids is 1. The van der Waals surface area contributed by atoms with E-state index in [1.54, 1.807) is 30.3 Å². The smallest absolute Gasteiger partial charge is 0.505 e. The maximum absolute atomic E-state index is 12.5. The van der Waals surface area contributed by atoms with Crippen molar-refractivity contribution >= 4 is 27.5 Å². The second kappa shape index (κ2) is 7.34. The van der Waals surface area contributed by atoms with Crippen molar-refractivity contribution in [1.29, 1.82) is 0 Å². The van der Waals surface area contributed by atoms with Crippen molar-refractivity contribution in [1.82, 2.24) is 9.29 Å². The van der Waals surface area contributed by atoms with Crippen molar-refractivity contribution in [3.05, 3.63) is 59.9 Å². The number of nitrogens with zero attached hydrogens (tertiary/aromatic N) is 2. The number of sulfonamides is 1. The SMILES string of the molecule is CN1C(C(=O)Nc2ccccn2)=C(O)c2ccccc2S1(=O)=O.[K+]. The van der Waals surface area contributed by atoms with Gasteiger partial charge in [-0.15, -0.1) is 0 Å². The molecule has 0 atom stereocenters. The van der Waals surface area contributed by atoms with Crippen molar-refractivity contribution < 1.29 is 69.7 Å². The summed E-state index contributed by atoms with van der Waals surface area (Å²) in [5, 5.41) is 12.8. The molecule has 1 aromatic carbocycles. The molecule has 0 aliphatic carbocycles. The molecule has 0 bridgehead atoms. The van der Waals surface area contributed by atoms with Crippen LogP contribution in [0.1, 0.15) is 5.56 Å². The van der Waals surface area contributed by atoms with Crippen LogP contribution >= 0.6 is 0 Å². The van der Waals surface area contributed by atoms with E-state index < -0.39 is 21.7 Å². The summed E-state index contributed by atoms with van der Waals surface area (Å²) in [4.78, 5) is 16.3. The van der Waals surface area contributed by atoms with Crippen molar-refractivity contribution in [2.24, 2.45) is 0 Å². The van der Waals surface area contributed by atoms with E-state index in [2.05, 4.69) is 10.3 Å². The third-order valence-corrected chi connectivity index (χ3v) is 5.26. The summed E-state index contributed by atoms with van der Waals surface area (Å²) in [7, 11) is -2.69. The molecule has 1 aromatic heterocycles. The van der Waals surface area contributed by atoms with Gasteiger partial charge >= 0.3 is 51.4 Å². The van der Waals surface area contributed by atoms with E-state index in [1.807, 2.05) is 0 Å². The summed E-state index contributed by atoms with van der Waals surface area (Å²) < 4.78 is 25.8. The zero-order valence-electron chi connectivity index (χ0n) is 13.1. The van der Waals surface area contributed by atoms with Gasteiger partial charge in [0.25, 0.3) is 15.9 Å². The van der Waals surface area contributed by atoms with E-state index in [0.29, 0.717) is 0 Å². The molecule has 0 saturated heterocycles. The summed E-state index contributed by atoms with van der Waals surface area (Å²) in [5.41, 5.74) is -0.258. The number of carbonyl (C=O) groups is 1. The Labute approximate surface area is 181 Å². The van der Waals surface area contributed by atoms with Gasteiger partial charge < -0.3 is 10.4 Å². The normalized spacial score (nSPS) is 15.3. The molecular weight excluding hydrogens is 357 g/mol. The van der Waals surface area contributed by atoms with Crippen LogP contribution < -0.4 is 56.7 Å². The maximum atomic E-state index is 12.5. The van der Waals surface area contributed by atoms with Gasteiger partial charge in [0.2, 0.25) is 0 Å². The molecule has 24 heavy (non-hydrogen) atoms. The van der Waals surface area contributed by atoms with E-state index in [1.165, 1.54) is 25.4 Å². The number of fused-ring (bicyclic) bond motifs is 1. The second-order valence-electron chi connectivity index (χ2n) is 4.84. The number of hydrogen-bond acceptors (Lipinski definition) is 5. The molecule has 2 aromatic rings. The van der Waals surface area contributed by atoms with E-state index in [4.69, 9.17) is 0 Å². The third-order valence-electron chi connectivity index (χ3n) is 3.44. The van der Waals surface area contributed by atoms with E-state index >= 15 is 0 Å². The Morgan fingerprint density at radius 3 is 2.50 bits per heavy atom. The monoisotopic (exact) mass is 370 g/mol. The molecule has 1 amide bonds. The van der Waals surface area contributed by atoms with E-state index in [9.17, 15) is 18.3 Å². The number of benzene rings is 1. The Morgan fingerprint density at radius 2 is 1.83 bits per heavy atom. The van der Waals surface area contributed by atoms with Gasteiger partial charge in [-0.25, -0.2) is 13.4 Å². The van der Waals surface area contributed by atoms with Crippen molar-refractivity contribution in [2.75, 3.05) is 12.4 Å². The summed E-state index contributed by atoms with van der Waals surface area (Å²) in [6.07, 6.45) is 1.49. The summed E-state index contributed by atoms with van der Waals surface area (Å²) in [5.74, 6) is -0.907. The standard InChI is InChI=1S/C15H13N3O4S.K/c1-18-13(15(20)17-12-8-4-5-9-16-12)14(19)10-6-2-3-7-11(10)23(18,21)22;/h2-9,19H,1H3,(H,16,17,20);/q;+1. The fourth-order valence-electron chi connectivity index (χ4n) is 2.29. The number of amides is 1. The number of rotatable bonds is 2. The molecule has 3 rings (SSSR count). The summed E-state index contributed by atoms with van der Waals surface area (Å²) in [6.45, 7) is 0. The Bertz CT molecular complexity index is 913. The Hall–Kier alpha value is -1.23. The largest absolute Gasteiger partial charge is 1.00 e. The molecule has 2 N–H and O–H groups in total. The van der Waals surface area contributed by atoms with Gasteiger partial charge in [0.1, 0.15) is 5.82 Å². The number of hydrogen-bond donors (Lipinski definition) is 2. The number of aromatic nitrogens is 1. The maximum Gasteiger partial charge on any atom is 1.00 e. The quantitative estimate of drug-likeness (QED) is 0.633. The van der Waals surface area contributed by atoms with Crippen LogP contribution in [0.2, 0.25) is 0 Å². The summed E-state index contributed by atoms with van der Waals surface area (Å²) in [6, 6.07) is 10.9. The zero-order valence-corrected chi connectivity index (χ0v) is 17.0. The molecule has 0 radical (unpaired) electrons. The van der Waals surface area contributed by atoms with Crippen LogP contribution in [0.25, 0.3) is 5.76 Å². The van der Waals surface area contributed by atoms with Crippen LogP contribution in [0.15, 0.2) is 59.3 Å². The first-order valence-electron chi connectivity index (χ1n) is 6.67. The van der Waals surface area contributed by atoms with Crippen LogP contribution in [0.3, 0.4) is 0 Å². The van der Waals surface area contributed by atoms with Gasteiger partial charge in [-0.3, -0.25) is 9.10 Å². The fourth-order valence-corrected chi connectivity index (χ4v) is 3.69. The topological polar surface area (TPSA) is 99.6 Å². The minimum absolute atomic E-state index is 0. The number of aliphatic hydroxyl groups excluding tert-OH is 1. The fraction of sp³-hybridized carbons (Fsp3) is 0.0667. The third kappa shape index (κ3) is 3.28.